The Morgan fingerprint density at radius 3 is 2.58 bits per heavy atom. The second-order valence-electron chi connectivity index (χ2n) is 6.78. The van der Waals surface area contributed by atoms with Gasteiger partial charge in [0.25, 0.3) is 0 Å². The van der Waals surface area contributed by atoms with Crippen LogP contribution in [0.2, 0.25) is 0 Å². The van der Waals surface area contributed by atoms with Crippen LogP contribution in [0.1, 0.15) is 37.3 Å². The standard InChI is InChI=1S/C18H26FN3O2/c1-22-10-8-15(9-11-22)20-18(23)21-17(16-3-2-12-24-16)13-4-6-14(19)7-5-13/h4-7,15-17H,2-3,8-12H2,1H3,(H2,20,21,23)/t16-,17-/m0/s1. The van der Waals surface area contributed by atoms with E-state index in [0.29, 0.717) is 6.61 Å². The molecule has 2 fully saturated rings. The SMILES string of the molecule is CN1CCC(NC(=O)N[C@@H](c2ccc(F)cc2)[C@@H]2CCCO2)CC1. The summed E-state index contributed by atoms with van der Waals surface area (Å²) in [6.07, 6.45) is 3.76. The highest BCUT2D eigenvalue weighted by molar-refractivity contribution is 5.75. The summed E-state index contributed by atoms with van der Waals surface area (Å²) in [5.41, 5.74) is 0.877. The lowest BCUT2D eigenvalue weighted by Crippen LogP contribution is -2.49. The van der Waals surface area contributed by atoms with Gasteiger partial charge in [0.2, 0.25) is 0 Å². The number of ether oxygens (including phenoxy) is 1. The first kappa shape index (κ1) is 17.2. The van der Waals surface area contributed by atoms with E-state index >= 15 is 0 Å². The Hall–Kier alpha value is -1.66. The van der Waals surface area contributed by atoms with E-state index in [0.717, 1.165) is 44.3 Å². The number of carbonyl (C=O) groups is 1. The molecule has 1 aromatic carbocycles. The molecule has 2 heterocycles. The van der Waals surface area contributed by atoms with Crippen LogP contribution in [0.3, 0.4) is 0 Å². The smallest absolute Gasteiger partial charge is 0.315 e. The Morgan fingerprint density at radius 1 is 1.25 bits per heavy atom. The number of amides is 2. The highest BCUT2D eigenvalue weighted by atomic mass is 19.1. The molecular formula is C18H26FN3O2. The molecule has 24 heavy (non-hydrogen) atoms. The fourth-order valence-corrected chi connectivity index (χ4v) is 3.45. The third-order valence-electron chi connectivity index (χ3n) is 4.91. The van der Waals surface area contributed by atoms with E-state index in [9.17, 15) is 9.18 Å². The number of nitrogens with one attached hydrogen (secondary N) is 2. The molecule has 0 aliphatic carbocycles. The summed E-state index contributed by atoms with van der Waals surface area (Å²) in [6.45, 7) is 2.71. The molecule has 3 rings (SSSR count). The summed E-state index contributed by atoms with van der Waals surface area (Å²) in [5, 5.41) is 6.11. The van der Waals surface area contributed by atoms with E-state index < -0.39 is 0 Å². The molecule has 2 aliphatic rings. The predicted molar refractivity (Wildman–Crippen MR) is 90.3 cm³/mol. The van der Waals surface area contributed by atoms with Crippen LogP contribution in [0.4, 0.5) is 9.18 Å². The number of halogens is 1. The molecular weight excluding hydrogens is 309 g/mol. The number of nitrogens with zero attached hydrogens (tertiary/aromatic N) is 1. The third kappa shape index (κ3) is 4.45. The third-order valence-corrected chi connectivity index (χ3v) is 4.91. The molecule has 2 aliphatic heterocycles. The average Bonchev–Trinajstić information content (AvgIpc) is 3.10. The number of carbonyl (C=O) groups excluding carboxylic acids is 1. The number of piperidine rings is 1. The van der Waals surface area contributed by atoms with Gasteiger partial charge in [0.1, 0.15) is 5.82 Å². The largest absolute Gasteiger partial charge is 0.376 e. The van der Waals surface area contributed by atoms with Crippen molar-refractivity contribution < 1.29 is 13.9 Å². The summed E-state index contributed by atoms with van der Waals surface area (Å²) in [7, 11) is 2.10. The second kappa shape index (κ2) is 7.94. The first-order chi connectivity index (χ1) is 11.6. The summed E-state index contributed by atoms with van der Waals surface area (Å²) >= 11 is 0. The van der Waals surface area contributed by atoms with Gasteiger partial charge in [-0.1, -0.05) is 12.1 Å². The van der Waals surface area contributed by atoms with E-state index in [1.54, 1.807) is 12.1 Å². The Labute approximate surface area is 142 Å². The van der Waals surface area contributed by atoms with Gasteiger partial charge >= 0.3 is 6.03 Å². The van der Waals surface area contributed by atoms with Gasteiger partial charge in [0.15, 0.2) is 0 Å². The molecule has 0 aromatic heterocycles. The Balaban J connectivity index is 1.62. The quantitative estimate of drug-likeness (QED) is 0.889. The normalized spacial score (nSPS) is 23.8. The van der Waals surface area contributed by atoms with Crippen LogP contribution in [0.5, 0.6) is 0 Å². The molecule has 132 valence electrons. The molecule has 0 radical (unpaired) electrons. The fourth-order valence-electron chi connectivity index (χ4n) is 3.45. The zero-order valence-electron chi connectivity index (χ0n) is 14.1. The van der Waals surface area contributed by atoms with Gasteiger partial charge in [0.05, 0.1) is 12.1 Å². The van der Waals surface area contributed by atoms with E-state index in [4.69, 9.17) is 4.74 Å². The average molecular weight is 335 g/mol. The van der Waals surface area contributed by atoms with E-state index in [-0.39, 0.29) is 30.0 Å². The van der Waals surface area contributed by atoms with Crippen LogP contribution in [-0.4, -0.2) is 49.8 Å². The van der Waals surface area contributed by atoms with Crippen molar-refractivity contribution in [2.45, 2.75) is 43.9 Å². The first-order valence-corrected chi connectivity index (χ1v) is 8.74. The number of urea groups is 1. The second-order valence-corrected chi connectivity index (χ2v) is 6.78. The lowest BCUT2D eigenvalue weighted by Gasteiger charge is -2.31. The summed E-state index contributed by atoms with van der Waals surface area (Å²) in [5.74, 6) is -0.277. The summed E-state index contributed by atoms with van der Waals surface area (Å²) in [4.78, 5) is 14.7. The lowest BCUT2D eigenvalue weighted by atomic mass is 9.99. The number of rotatable bonds is 4. The van der Waals surface area contributed by atoms with Gasteiger partial charge in [-0.15, -0.1) is 0 Å². The van der Waals surface area contributed by atoms with Crippen molar-refractivity contribution in [2.75, 3.05) is 26.7 Å². The maximum Gasteiger partial charge on any atom is 0.315 e. The van der Waals surface area contributed by atoms with Crippen LogP contribution in [0.15, 0.2) is 24.3 Å². The molecule has 2 amide bonds. The molecule has 2 saturated heterocycles. The maximum atomic E-state index is 13.2. The topological polar surface area (TPSA) is 53.6 Å². The zero-order chi connectivity index (χ0) is 16.9. The molecule has 0 spiro atoms. The zero-order valence-corrected chi connectivity index (χ0v) is 14.1. The molecule has 0 unspecified atom stereocenters. The number of hydrogen-bond acceptors (Lipinski definition) is 3. The van der Waals surface area contributed by atoms with Crippen LogP contribution < -0.4 is 10.6 Å². The van der Waals surface area contributed by atoms with Gasteiger partial charge < -0.3 is 20.3 Å². The molecule has 0 saturated carbocycles. The highest BCUT2D eigenvalue weighted by Gasteiger charge is 2.29. The lowest BCUT2D eigenvalue weighted by molar-refractivity contribution is 0.0803. The van der Waals surface area contributed by atoms with Crippen LogP contribution in [0, 0.1) is 5.82 Å². The molecule has 0 bridgehead atoms. The Morgan fingerprint density at radius 2 is 1.96 bits per heavy atom. The number of likely N-dealkylation sites (tertiary alicyclic amines) is 1. The first-order valence-electron chi connectivity index (χ1n) is 8.74. The van der Waals surface area contributed by atoms with Crippen LogP contribution in [-0.2, 0) is 4.74 Å². The predicted octanol–water partition coefficient (Wildman–Crippen LogP) is 2.44. The Bertz CT molecular complexity index is 538. The maximum absolute atomic E-state index is 13.2. The molecule has 6 heteroatoms. The molecule has 2 N–H and O–H groups in total. The van der Waals surface area contributed by atoms with E-state index in [2.05, 4.69) is 22.6 Å². The van der Waals surface area contributed by atoms with Gasteiger partial charge in [-0.3, -0.25) is 0 Å². The van der Waals surface area contributed by atoms with Gasteiger partial charge in [-0.05, 0) is 63.5 Å². The Kier molecular flexibility index (Phi) is 5.68. The molecule has 1 aromatic rings. The summed E-state index contributed by atoms with van der Waals surface area (Å²) in [6, 6.07) is 6.07. The number of hydrogen-bond donors (Lipinski definition) is 2. The minimum atomic E-state index is -0.277. The van der Waals surface area contributed by atoms with Crippen LogP contribution >= 0.6 is 0 Å². The van der Waals surface area contributed by atoms with E-state index in [1.807, 2.05) is 0 Å². The monoisotopic (exact) mass is 335 g/mol. The van der Waals surface area contributed by atoms with Crippen molar-refractivity contribution in [3.05, 3.63) is 35.6 Å². The van der Waals surface area contributed by atoms with Crippen molar-refractivity contribution >= 4 is 6.03 Å². The fraction of sp³-hybridized carbons (Fsp3) is 0.611. The van der Waals surface area contributed by atoms with E-state index in [1.165, 1.54) is 12.1 Å². The van der Waals surface area contributed by atoms with Gasteiger partial charge in [0, 0.05) is 12.6 Å². The minimum Gasteiger partial charge on any atom is -0.376 e. The van der Waals surface area contributed by atoms with Crippen molar-refractivity contribution in [3.63, 3.8) is 0 Å². The van der Waals surface area contributed by atoms with Crippen LogP contribution in [0.25, 0.3) is 0 Å². The van der Waals surface area contributed by atoms with Gasteiger partial charge in [-0.2, -0.15) is 0 Å². The van der Waals surface area contributed by atoms with Crippen molar-refractivity contribution in [1.82, 2.24) is 15.5 Å². The minimum absolute atomic E-state index is 0.0568. The molecule has 2 atom stereocenters. The van der Waals surface area contributed by atoms with Gasteiger partial charge in [-0.25, -0.2) is 9.18 Å². The summed E-state index contributed by atoms with van der Waals surface area (Å²) < 4.78 is 19.0. The van der Waals surface area contributed by atoms with Crippen molar-refractivity contribution in [2.24, 2.45) is 0 Å². The highest BCUT2D eigenvalue weighted by Crippen LogP contribution is 2.27. The molecule has 5 nitrogen and oxygen atoms in total. The van der Waals surface area contributed by atoms with Crippen molar-refractivity contribution in [1.29, 1.82) is 0 Å². The van der Waals surface area contributed by atoms with Crippen molar-refractivity contribution in [3.8, 4) is 0 Å². The number of benzene rings is 1.